The van der Waals surface area contributed by atoms with E-state index in [2.05, 4.69) is 37.2 Å². The van der Waals surface area contributed by atoms with Gasteiger partial charge in [0, 0.05) is 12.1 Å². The van der Waals surface area contributed by atoms with Crippen LogP contribution in [0.15, 0.2) is 39.3 Å². The van der Waals surface area contributed by atoms with E-state index in [1.807, 2.05) is 0 Å². The number of benzene rings is 2. The molecule has 2 aromatic carbocycles. The highest BCUT2D eigenvalue weighted by Gasteiger charge is 2.21. The van der Waals surface area contributed by atoms with Gasteiger partial charge in [-0.2, -0.15) is 0 Å². The van der Waals surface area contributed by atoms with Crippen LogP contribution in [-0.4, -0.2) is 15.9 Å². The maximum absolute atomic E-state index is 13.1. The fourth-order valence-electron chi connectivity index (χ4n) is 1.74. The van der Waals surface area contributed by atoms with Gasteiger partial charge >= 0.3 is 6.09 Å². The Kier molecular flexibility index (Phi) is 5.64. The van der Waals surface area contributed by atoms with Crippen LogP contribution in [0.2, 0.25) is 0 Å². The van der Waals surface area contributed by atoms with E-state index in [1.54, 1.807) is 0 Å². The van der Waals surface area contributed by atoms with E-state index >= 15 is 0 Å². The van der Waals surface area contributed by atoms with Gasteiger partial charge in [0.05, 0.1) is 24.9 Å². The molecule has 0 bridgehead atoms. The number of carbonyl (C=O) groups is 1. The normalized spacial score (nSPS) is 10.2. The molecule has 1 amide bonds. The molecule has 0 aliphatic carbocycles. The highest BCUT2D eigenvalue weighted by atomic mass is 79.9. The SMILES string of the molecule is O=C(Nc1ccc(F)cc1[N+](=O)[O-])Oc1c(Br)cc([N+](=O)[O-])cc1Br. The topological polar surface area (TPSA) is 125 Å². The average Bonchev–Trinajstić information content (AvgIpc) is 2.52. The number of halogens is 3. The number of amides is 1. The number of ether oxygens (including phenoxy) is 1. The van der Waals surface area contributed by atoms with Gasteiger partial charge in [0.25, 0.3) is 11.4 Å². The van der Waals surface area contributed by atoms with Gasteiger partial charge in [0.15, 0.2) is 5.75 Å². The zero-order chi connectivity index (χ0) is 18.7. The summed E-state index contributed by atoms with van der Waals surface area (Å²) in [5.41, 5.74) is -1.18. The lowest BCUT2D eigenvalue weighted by Gasteiger charge is -2.10. The quantitative estimate of drug-likeness (QED) is 0.498. The molecule has 1 N–H and O–H groups in total. The molecule has 25 heavy (non-hydrogen) atoms. The molecule has 2 rings (SSSR count). The van der Waals surface area contributed by atoms with E-state index in [9.17, 15) is 29.4 Å². The summed E-state index contributed by atoms with van der Waals surface area (Å²) in [6.45, 7) is 0. The molecule has 0 aromatic heterocycles. The smallest absolute Gasteiger partial charge is 0.408 e. The molecule has 0 aliphatic heterocycles. The number of non-ortho nitro benzene ring substituents is 1. The Morgan fingerprint density at radius 2 is 1.68 bits per heavy atom. The summed E-state index contributed by atoms with van der Waals surface area (Å²) in [4.78, 5) is 32.1. The maximum Gasteiger partial charge on any atom is 0.417 e. The van der Waals surface area contributed by atoms with E-state index in [-0.39, 0.29) is 26.1 Å². The van der Waals surface area contributed by atoms with Crippen LogP contribution in [0.1, 0.15) is 0 Å². The lowest BCUT2D eigenvalue weighted by Crippen LogP contribution is -2.18. The van der Waals surface area contributed by atoms with Crippen molar-refractivity contribution < 1.29 is 23.8 Å². The Bertz CT molecular complexity index is 869. The van der Waals surface area contributed by atoms with E-state index < -0.39 is 27.4 Å². The van der Waals surface area contributed by atoms with E-state index in [4.69, 9.17) is 4.74 Å². The minimum absolute atomic E-state index is 0.0761. The van der Waals surface area contributed by atoms with Gasteiger partial charge in [-0.05, 0) is 44.0 Å². The second-order valence-electron chi connectivity index (χ2n) is 4.43. The first-order valence-corrected chi connectivity index (χ1v) is 7.84. The van der Waals surface area contributed by atoms with Crippen LogP contribution >= 0.6 is 31.9 Å². The van der Waals surface area contributed by atoms with Gasteiger partial charge in [-0.3, -0.25) is 25.5 Å². The van der Waals surface area contributed by atoms with Crippen LogP contribution in [0.3, 0.4) is 0 Å². The number of anilines is 1. The van der Waals surface area contributed by atoms with Gasteiger partial charge < -0.3 is 4.74 Å². The molecule has 0 atom stereocenters. The number of nitrogens with one attached hydrogen (secondary N) is 1. The van der Waals surface area contributed by atoms with E-state index in [0.717, 1.165) is 24.3 Å². The third kappa shape index (κ3) is 4.48. The van der Waals surface area contributed by atoms with E-state index in [1.165, 1.54) is 0 Å². The molecule has 9 nitrogen and oxygen atoms in total. The van der Waals surface area contributed by atoms with Crippen molar-refractivity contribution in [2.24, 2.45) is 0 Å². The summed E-state index contributed by atoms with van der Waals surface area (Å²) in [7, 11) is 0. The second kappa shape index (κ2) is 7.53. The lowest BCUT2D eigenvalue weighted by molar-refractivity contribution is -0.385. The molecule has 0 aliphatic rings. The van der Waals surface area contributed by atoms with Crippen molar-refractivity contribution in [1.29, 1.82) is 0 Å². The molecule has 0 fully saturated rings. The Hall–Kier alpha value is -2.60. The molecule has 0 saturated carbocycles. The number of carbonyl (C=O) groups excluding carboxylic acids is 1. The minimum atomic E-state index is -1.11. The summed E-state index contributed by atoms with van der Waals surface area (Å²) in [5, 5.41) is 23.8. The van der Waals surface area contributed by atoms with Crippen LogP contribution < -0.4 is 10.1 Å². The number of rotatable bonds is 4. The third-order valence-corrected chi connectivity index (χ3v) is 3.96. The molecule has 12 heteroatoms. The van der Waals surface area contributed by atoms with Crippen LogP contribution in [0, 0.1) is 26.0 Å². The highest BCUT2D eigenvalue weighted by molar-refractivity contribution is 9.11. The van der Waals surface area contributed by atoms with Crippen LogP contribution in [0.4, 0.5) is 26.2 Å². The molecule has 0 heterocycles. The molecule has 0 unspecified atom stereocenters. The molecule has 130 valence electrons. The molecule has 2 aromatic rings. The van der Waals surface area contributed by atoms with Crippen molar-refractivity contribution in [2.45, 2.75) is 0 Å². The summed E-state index contributed by atoms with van der Waals surface area (Å²) in [6.07, 6.45) is -1.11. The summed E-state index contributed by atoms with van der Waals surface area (Å²) in [6, 6.07) is 4.82. The Balaban J connectivity index is 2.25. The minimum Gasteiger partial charge on any atom is -0.408 e. The predicted octanol–water partition coefficient (Wildman–Crippen LogP) is 4.78. The van der Waals surface area contributed by atoms with Gasteiger partial charge in [0.2, 0.25) is 0 Å². The van der Waals surface area contributed by atoms with Crippen molar-refractivity contribution in [1.82, 2.24) is 0 Å². The van der Waals surface area contributed by atoms with Gasteiger partial charge in [-0.15, -0.1) is 0 Å². The largest absolute Gasteiger partial charge is 0.417 e. The first kappa shape index (κ1) is 18.7. The van der Waals surface area contributed by atoms with Crippen LogP contribution in [0.5, 0.6) is 5.75 Å². The molecule has 0 saturated heterocycles. The Morgan fingerprint density at radius 3 is 2.20 bits per heavy atom. The highest BCUT2D eigenvalue weighted by Crippen LogP contribution is 2.37. The standard InChI is InChI=1S/C13H6Br2FN3O6/c14-8-4-7(18(21)22)5-9(15)12(8)25-13(20)17-10-2-1-6(16)3-11(10)19(23)24/h1-5H,(H,17,20). The monoisotopic (exact) mass is 477 g/mol. The first-order chi connectivity index (χ1) is 11.7. The zero-order valence-corrected chi connectivity index (χ0v) is 15.0. The van der Waals surface area contributed by atoms with Crippen molar-refractivity contribution in [3.8, 4) is 5.75 Å². The van der Waals surface area contributed by atoms with Crippen molar-refractivity contribution in [2.75, 3.05) is 5.32 Å². The Labute approximate surface area is 155 Å². The fraction of sp³-hybridized carbons (Fsp3) is 0. The van der Waals surface area contributed by atoms with Crippen molar-refractivity contribution in [3.05, 3.63) is 65.3 Å². The van der Waals surface area contributed by atoms with Gasteiger partial charge in [-0.1, -0.05) is 0 Å². The van der Waals surface area contributed by atoms with Gasteiger partial charge in [0.1, 0.15) is 11.5 Å². The lowest BCUT2D eigenvalue weighted by atomic mass is 10.2. The molecule has 0 radical (unpaired) electrons. The summed E-state index contributed by atoms with van der Waals surface area (Å²) >= 11 is 6.06. The number of nitro benzene ring substituents is 2. The maximum atomic E-state index is 13.1. The Morgan fingerprint density at radius 1 is 1.08 bits per heavy atom. The molecule has 0 spiro atoms. The van der Waals surface area contributed by atoms with Crippen molar-refractivity contribution in [3.63, 3.8) is 0 Å². The number of hydrogen-bond donors (Lipinski definition) is 1. The molecular weight excluding hydrogens is 473 g/mol. The second-order valence-corrected chi connectivity index (χ2v) is 6.14. The predicted molar refractivity (Wildman–Crippen MR) is 91.2 cm³/mol. The first-order valence-electron chi connectivity index (χ1n) is 6.25. The number of nitrogens with zero attached hydrogens (tertiary/aromatic N) is 2. The number of hydrogen-bond acceptors (Lipinski definition) is 6. The summed E-state index contributed by atoms with van der Waals surface area (Å²) in [5.74, 6) is -0.917. The summed E-state index contributed by atoms with van der Waals surface area (Å²) < 4.78 is 18.3. The zero-order valence-electron chi connectivity index (χ0n) is 11.9. The van der Waals surface area contributed by atoms with Crippen LogP contribution in [-0.2, 0) is 0 Å². The fourth-order valence-corrected chi connectivity index (χ4v) is 3.06. The van der Waals surface area contributed by atoms with Gasteiger partial charge in [-0.25, -0.2) is 9.18 Å². The van der Waals surface area contributed by atoms with Crippen molar-refractivity contribution >= 4 is 55.0 Å². The van der Waals surface area contributed by atoms with Crippen LogP contribution in [0.25, 0.3) is 0 Å². The van der Waals surface area contributed by atoms with E-state index in [0.29, 0.717) is 6.07 Å². The number of nitro groups is 2. The third-order valence-electron chi connectivity index (χ3n) is 2.78. The average molecular weight is 479 g/mol. The molecular formula is C13H6Br2FN3O6.